The highest BCUT2D eigenvalue weighted by molar-refractivity contribution is 5.90. The van der Waals surface area contributed by atoms with Gasteiger partial charge < -0.3 is 42.9 Å². The molecule has 1 aromatic carbocycles. The molecular weight excluding hydrogens is 738 g/mol. The van der Waals surface area contributed by atoms with Crippen LogP contribution in [0.1, 0.15) is 72.9 Å². The van der Waals surface area contributed by atoms with Crippen LogP contribution in [0, 0.1) is 20.8 Å². The fourth-order valence-electron chi connectivity index (χ4n) is 6.20. The number of aryl methyl sites for hydroxylation is 5. The van der Waals surface area contributed by atoms with Gasteiger partial charge in [0.25, 0.3) is 0 Å². The van der Waals surface area contributed by atoms with Crippen LogP contribution in [0.15, 0.2) is 43.6 Å². The maximum Gasteiger partial charge on any atom is 0.412 e. The lowest BCUT2D eigenvalue weighted by Gasteiger charge is -2.20. The number of aliphatic hydroxyl groups is 1. The molecule has 4 aromatic rings. The van der Waals surface area contributed by atoms with Gasteiger partial charge in [0.15, 0.2) is 12.2 Å². The molecular formula is C40H55N7O10. The Kier molecular flexibility index (Phi) is 17.2. The summed E-state index contributed by atoms with van der Waals surface area (Å²) in [4.78, 5) is 61.3. The molecule has 3 atom stereocenters. The molecule has 3 aromatic heterocycles. The van der Waals surface area contributed by atoms with Crippen molar-refractivity contribution in [2.24, 2.45) is 0 Å². The van der Waals surface area contributed by atoms with Crippen molar-refractivity contribution in [1.82, 2.24) is 29.1 Å². The number of benzene rings is 1. The second-order valence-corrected chi connectivity index (χ2v) is 13.5. The molecule has 0 radical (unpaired) electrons. The van der Waals surface area contributed by atoms with Crippen LogP contribution in [0.25, 0.3) is 0 Å². The van der Waals surface area contributed by atoms with Gasteiger partial charge in [0.2, 0.25) is 6.10 Å². The maximum absolute atomic E-state index is 12.8. The van der Waals surface area contributed by atoms with Crippen molar-refractivity contribution in [2.45, 2.75) is 111 Å². The molecule has 17 heteroatoms. The van der Waals surface area contributed by atoms with E-state index >= 15 is 0 Å². The average Bonchev–Trinajstić information content (AvgIpc) is 3.70. The highest BCUT2D eigenvalue weighted by atomic mass is 16.6. The van der Waals surface area contributed by atoms with E-state index in [1.165, 1.54) is 22.3 Å². The number of amides is 1. The predicted octanol–water partition coefficient (Wildman–Crippen LogP) is 4.13. The van der Waals surface area contributed by atoms with Crippen molar-refractivity contribution in [3.05, 3.63) is 83.0 Å². The van der Waals surface area contributed by atoms with E-state index in [0.717, 1.165) is 61.3 Å². The van der Waals surface area contributed by atoms with Crippen molar-refractivity contribution < 1.29 is 48.0 Å². The van der Waals surface area contributed by atoms with Crippen LogP contribution in [0.2, 0.25) is 0 Å². The number of carbonyl (C=O) groups excluding carboxylic acids is 4. The second kappa shape index (κ2) is 22.3. The number of carbonyl (C=O) groups is 4. The van der Waals surface area contributed by atoms with Crippen LogP contribution in [-0.2, 0) is 76.8 Å². The Hall–Kier alpha value is -5.55. The molecule has 2 aliphatic carbocycles. The fourth-order valence-corrected chi connectivity index (χ4v) is 6.20. The first-order valence-corrected chi connectivity index (χ1v) is 19.3. The Morgan fingerprint density at radius 3 is 1.84 bits per heavy atom. The highest BCUT2D eigenvalue weighted by Gasteiger charge is 2.32. The molecule has 1 fully saturated rings. The second-order valence-electron chi connectivity index (χ2n) is 13.5. The summed E-state index contributed by atoms with van der Waals surface area (Å²) in [6, 6.07) is 2.31. The Morgan fingerprint density at radius 1 is 0.825 bits per heavy atom. The molecule has 3 unspecified atom stereocenters. The lowest BCUT2D eigenvalue weighted by molar-refractivity contribution is -0.154. The van der Waals surface area contributed by atoms with E-state index in [-0.39, 0.29) is 38.4 Å². The smallest absolute Gasteiger partial charge is 0.412 e. The van der Waals surface area contributed by atoms with Crippen molar-refractivity contribution in [1.29, 1.82) is 0 Å². The standard InChI is InChI=1S/C22H27N3O4.C9H14N2O3.C5H8O3.C4H6N2/c1-3-28-21(26)19(12-25-13-23-11-14(25)2)29-22(27)24-20-17-8-4-6-15(17)10-16-7-5-9-18(16)20;1-3-14-9(13)8(12)5-11-6-10-4-7(11)2;1-2-7-5(6)4-3-8-4;1-4-2-5-3-6-4/h10-11,13,19H,3-9,12H2,1-2H3,(H,24,27);4,6,8,12H,3,5H2,1-2H3;4H,2-3H2,1H3;2-3H,1H3,(H,5,6). The van der Waals surface area contributed by atoms with Gasteiger partial charge in [-0.1, -0.05) is 6.07 Å². The quantitative estimate of drug-likeness (QED) is 0.105. The van der Waals surface area contributed by atoms with Gasteiger partial charge >= 0.3 is 24.0 Å². The van der Waals surface area contributed by atoms with Crippen LogP contribution < -0.4 is 5.32 Å². The molecule has 0 bridgehead atoms. The molecule has 4 heterocycles. The molecule has 3 aliphatic rings. The van der Waals surface area contributed by atoms with E-state index in [2.05, 4.69) is 45.5 Å². The minimum Gasteiger partial charge on any atom is -0.464 e. The summed E-state index contributed by atoms with van der Waals surface area (Å²) in [5.41, 5.74) is 8.89. The number of nitrogens with zero attached hydrogens (tertiary/aromatic N) is 5. The van der Waals surface area contributed by atoms with Crippen LogP contribution in [0.4, 0.5) is 10.5 Å². The van der Waals surface area contributed by atoms with Gasteiger partial charge in [-0.3, -0.25) is 5.32 Å². The monoisotopic (exact) mass is 793 g/mol. The van der Waals surface area contributed by atoms with E-state index in [4.69, 9.17) is 9.47 Å². The number of hydrogen-bond donors (Lipinski definition) is 3. The molecule has 310 valence electrons. The van der Waals surface area contributed by atoms with Crippen molar-refractivity contribution in [3.63, 3.8) is 0 Å². The van der Waals surface area contributed by atoms with E-state index in [9.17, 15) is 24.3 Å². The third-order valence-electron chi connectivity index (χ3n) is 9.15. The molecule has 17 nitrogen and oxygen atoms in total. The van der Waals surface area contributed by atoms with Gasteiger partial charge in [-0.25, -0.2) is 34.1 Å². The summed E-state index contributed by atoms with van der Waals surface area (Å²) < 4.78 is 28.0. The molecule has 1 aliphatic heterocycles. The zero-order chi connectivity index (χ0) is 41.3. The van der Waals surface area contributed by atoms with Gasteiger partial charge in [0.1, 0.15) is 0 Å². The van der Waals surface area contributed by atoms with Gasteiger partial charge in [0, 0.05) is 35.7 Å². The average molecular weight is 794 g/mol. The largest absolute Gasteiger partial charge is 0.464 e. The van der Waals surface area contributed by atoms with Crippen LogP contribution in [0.5, 0.6) is 0 Å². The number of aromatic nitrogens is 6. The third kappa shape index (κ3) is 13.6. The lowest BCUT2D eigenvalue weighted by atomic mass is 9.99. The number of ether oxygens (including phenoxy) is 5. The van der Waals surface area contributed by atoms with Gasteiger partial charge in [-0.15, -0.1) is 0 Å². The van der Waals surface area contributed by atoms with E-state index in [1.54, 1.807) is 67.5 Å². The van der Waals surface area contributed by atoms with Crippen LogP contribution in [-0.4, -0.2) is 103 Å². The number of esters is 3. The van der Waals surface area contributed by atoms with E-state index in [0.29, 0.717) is 13.2 Å². The SMILES string of the molecule is CCOC(=O)C(Cn1cncc1C)OC(=O)Nc1c2c(cc3c1CCC3)CCC2.CCOC(=O)C(O)Cn1cncc1C.CCOC(=O)C1CO1.Cc1cnc[nH]1. The summed E-state index contributed by atoms with van der Waals surface area (Å²) in [5, 5.41) is 12.4. The molecule has 7 rings (SSSR count). The van der Waals surface area contributed by atoms with Crippen LogP contribution in [0.3, 0.4) is 0 Å². The Bertz CT molecular complexity index is 1870. The number of H-pyrrole nitrogens is 1. The summed E-state index contributed by atoms with van der Waals surface area (Å²) >= 11 is 0. The Balaban J connectivity index is 0.000000210. The summed E-state index contributed by atoms with van der Waals surface area (Å²) in [6.07, 6.45) is 13.2. The number of nitrogens with one attached hydrogen (secondary N) is 2. The predicted molar refractivity (Wildman–Crippen MR) is 207 cm³/mol. The summed E-state index contributed by atoms with van der Waals surface area (Å²) in [5.74, 6) is -1.38. The number of aliphatic hydroxyl groups excluding tert-OH is 1. The van der Waals surface area contributed by atoms with Gasteiger partial charge in [-0.2, -0.15) is 0 Å². The zero-order valence-electron chi connectivity index (χ0n) is 33.6. The zero-order valence-corrected chi connectivity index (χ0v) is 33.6. The van der Waals surface area contributed by atoms with E-state index in [1.807, 2.05) is 20.8 Å². The van der Waals surface area contributed by atoms with Gasteiger partial charge in [-0.05, 0) is 102 Å². The van der Waals surface area contributed by atoms with Gasteiger partial charge in [0.05, 0.1) is 64.2 Å². The molecule has 1 saturated heterocycles. The first-order chi connectivity index (χ1) is 27.4. The van der Waals surface area contributed by atoms with Crippen LogP contribution >= 0.6 is 0 Å². The normalized spacial score (nSPS) is 15.4. The number of epoxide rings is 1. The lowest BCUT2D eigenvalue weighted by Crippen LogP contribution is -2.35. The molecule has 1 amide bonds. The number of anilines is 1. The minimum atomic E-state index is -1.12. The minimum absolute atomic E-state index is 0.170. The molecule has 0 saturated carbocycles. The van der Waals surface area contributed by atoms with Crippen molar-refractivity contribution >= 4 is 29.7 Å². The van der Waals surface area contributed by atoms with E-state index < -0.39 is 30.2 Å². The molecule has 3 N–H and O–H groups in total. The molecule has 0 spiro atoms. The Morgan fingerprint density at radius 2 is 1.39 bits per heavy atom. The number of fused-ring (bicyclic) bond motifs is 2. The first-order valence-electron chi connectivity index (χ1n) is 19.3. The number of aromatic amines is 1. The maximum atomic E-state index is 12.8. The summed E-state index contributed by atoms with van der Waals surface area (Å²) in [7, 11) is 0. The van der Waals surface area contributed by atoms with Crippen molar-refractivity contribution in [3.8, 4) is 0 Å². The fraction of sp³-hybridized carbons (Fsp3) is 0.525. The summed E-state index contributed by atoms with van der Waals surface area (Å²) in [6.45, 7) is 12.7. The number of hydrogen-bond acceptors (Lipinski definition) is 13. The number of rotatable bonds is 12. The topological polar surface area (TPSA) is 214 Å². The third-order valence-corrected chi connectivity index (χ3v) is 9.15. The Labute approximate surface area is 332 Å². The number of imidazole rings is 3. The molecule has 57 heavy (non-hydrogen) atoms. The highest BCUT2D eigenvalue weighted by Crippen LogP contribution is 2.38. The van der Waals surface area contributed by atoms with Crippen molar-refractivity contribution in [2.75, 3.05) is 31.7 Å². The first kappa shape index (κ1) is 44.2.